The van der Waals surface area contributed by atoms with E-state index in [-0.39, 0.29) is 41.4 Å². The molecule has 0 spiro atoms. The Bertz CT molecular complexity index is 1670. The van der Waals surface area contributed by atoms with E-state index in [4.69, 9.17) is 34.2 Å². The van der Waals surface area contributed by atoms with Crippen LogP contribution in [0.5, 0.6) is 0 Å². The number of hydrogen-bond donors (Lipinski definition) is 1. The second kappa shape index (κ2) is 19.4. The van der Waals surface area contributed by atoms with Crippen LogP contribution in [0.4, 0.5) is 41.9 Å². The summed E-state index contributed by atoms with van der Waals surface area (Å²) in [4.78, 5) is 79.3. The molecule has 0 unspecified atom stereocenters. The van der Waals surface area contributed by atoms with Gasteiger partial charge in [-0.05, 0) is 133 Å². The van der Waals surface area contributed by atoms with E-state index in [0.717, 1.165) is 4.90 Å². The van der Waals surface area contributed by atoms with Crippen molar-refractivity contribution in [1.29, 1.82) is 0 Å². The van der Waals surface area contributed by atoms with Crippen LogP contribution < -0.4 is 20.4 Å². The summed E-state index contributed by atoms with van der Waals surface area (Å²) in [5.41, 5.74) is 3.25. The monoisotopic (exact) mass is 788 g/mol. The lowest BCUT2D eigenvalue weighted by Crippen LogP contribution is -2.44. The molecule has 0 aliphatic carbocycles. The van der Waals surface area contributed by atoms with E-state index in [2.05, 4.69) is 0 Å². The number of amides is 4. The molecule has 0 saturated heterocycles. The van der Waals surface area contributed by atoms with Crippen molar-refractivity contribution in [3.63, 3.8) is 0 Å². The van der Waals surface area contributed by atoms with Gasteiger partial charge in [-0.2, -0.15) is 9.80 Å². The maximum absolute atomic E-state index is 12.9. The van der Waals surface area contributed by atoms with E-state index < -0.39 is 58.7 Å². The van der Waals surface area contributed by atoms with Crippen LogP contribution in [0.15, 0.2) is 36.4 Å². The molecule has 2 aromatic carbocycles. The molecule has 16 heteroatoms. The van der Waals surface area contributed by atoms with Crippen LogP contribution in [0, 0.1) is 0 Å². The zero-order chi connectivity index (χ0) is 43.6. The standard InChI is InChI=1S/C21H32N2O6.C19H28N2O6/c1-10-27-17(24)15-12-11-14(22(8)9)13-16(15)23(18(25)28-20(2,3)4)19(26)29-21(5,6)7;1-8-25-15(22)13-10-9-12(20)11-14(13)21(16(23)26-18(2,3)4)17(24)27-19(5,6)7/h11-13H,10H2,1-9H3;9-11H,8,20H2,1-7H3. The summed E-state index contributed by atoms with van der Waals surface area (Å²) in [7, 11) is 3.60. The van der Waals surface area contributed by atoms with Crippen molar-refractivity contribution in [3.8, 4) is 0 Å². The fraction of sp³-hybridized carbons (Fsp3) is 0.550. The number of carbonyl (C=O) groups is 6. The first-order valence-electron chi connectivity index (χ1n) is 18.0. The number of benzene rings is 2. The Morgan fingerprint density at radius 1 is 0.518 bits per heavy atom. The van der Waals surface area contributed by atoms with Gasteiger partial charge in [-0.1, -0.05) is 0 Å². The maximum atomic E-state index is 12.9. The lowest BCUT2D eigenvalue weighted by atomic mass is 10.1. The number of anilines is 4. The number of imide groups is 2. The highest BCUT2D eigenvalue weighted by atomic mass is 16.6. The topological polar surface area (TPSA) is 194 Å². The molecule has 312 valence electrons. The molecule has 4 amide bonds. The highest BCUT2D eigenvalue weighted by Crippen LogP contribution is 2.31. The molecule has 0 bridgehead atoms. The summed E-state index contributed by atoms with van der Waals surface area (Å²) in [6.07, 6.45) is -3.89. The molecule has 16 nitrogen and oxygen atoms in total. The summed E-state index contributed by atoms with van der Waals surface area (Å²) < 4.78 is 31.6. The number of rotatable bonds is 7. The van der Waals surface area contributed by atoms with Gasteiger partial charge in [0.2, 0.25) is 0 Å². The molecule has 0 atom stereocenters. The van der Waals surface area contributed by atoms with Gasteiger partial charge in [0, 0.05) is 25.5 Å². The van der Waals surface area contributed by atoms with Crippen molar-refractivity contribution >= 4 is 59.1 Å². The molecule has 0 aliphatic rings. The number of hydrogen-bond acceptors (Lipinski definition) is 14. The van der Waals surface area contributed by atoms with Crippen LogP contribution in [0.3, 0.4) is 0 Å². The van der Waals surface area contributed by atoms with E-state index in [1.165, 1.54) is 24.3 Å². The Morgan fingerprint density at radius 3 is 1.11 bits per heavy atom. The predicted octanol–water partition coefficient (Wildman–Crippen LogP) is 8.73. The third kappa shape index (κ3) is 16.1. The highest BCUT2D eigenvalue weighted by molar-refractivity contribution is 6.15. The fourth-order valence-corrected chi connectivity index (χ4v) is 4.25. The van der Waals surface area contributed by atoms with Gasteiger partial charge in [0.25, 0.3) is 0 Å². The third-order valence-corrected chi connectivity index (χ3v) is 6.30. The molecule has 0 fully saturated rings. The van der Waals surface area contributed by atoms with E-state index in [1.54, 1.807) is 128 Å². The lowest BCUT2D eigenvalue weighted by Gasteiger charge is -2.30. The Morgan fingerprint density at radius 2 is 0.821 bits per heavy atom. The van der Waals surface area contributed by atoms with Crippen molar-refractivity contribution in [1.82, 2.24) is 0 Å². The number of nitrogens with two attached hydrogens (primary N) is 1. The molecule has 0 aromatic heterocycles. The van der Waals surface area contributed by atoms with Gasteiger partial charge < -0.3 is 39.1 Å². The van der Waals surface area contributed by atoms with Crippen molar-refractivity contribution < 1.29 is 57.2 Å². The molecule has 2 aromatic rings. The minimum absolute atomic E-state index is 0.0113. The third-order valence-electron chi connectivity index (χ3n) is 6.30. The SMILES string of the molecule is CCOC(=O)c1ccc(N(C)C)cc1N(C(=O)OC(C)(C)C)C(=O)OC(C)(C)C.CCOC(=O)c1ccc(N)cc1N(C(=O)OC(C)(C)C)C(=O)OC(C)(C)C. The normalized spacial score (nSPS) is 11.5. The van der Waals surface area contributed by atoms with Gasteiger partial charge in [-0.15, -0.1) is 0 Å². The molecule has 0 aliphatic heterocycles. The second-order valence-electron chi connectivity index (χ2n) is 16.4. The number of ether oxygens (including phenoxy) is 6. The summed E-state index contributed by atoms with van der Waals surface area (Å²) >= 11 is 0. The molecule has 2 rings (SSSR count). The first kappa shape index (κ1) is 48.5. The smallest absolute Gasteiger partial charge is 0.424 e. The average Bonchev–Trinajstić information content (AvgIpc) is 2.98. The molecule has 0 radical (unpaired) electrons. The van der Waals surface area contributed by atoms with Crippen LogP contribution in [0.2, 0.25) is 0 Å². The highest BCUT2D eigenvalue weighted by Gasteiger charge is 2.37. The first-order chi connectivity index (χ1) is 25.4. The number of nitrogens with zero attached hydrogens (tertiary/aromatic N) is 3. The van der Waals surface area contributed by atoms with Crippen molar-refractivity contribution in [2.24, 2.45) is 0 Å². The molecule has 2 N–H and O–H groups in total. The number of nitrogen functional groups attached to an aromatic ring is 1. The molecular formula is C40H60N4O12. The van der Waals surface area contributed by atoms with Crippen molar-refractivity contribution in [2.75, 3.05) is 47.7 Å². The lowest BCUT2D eigenvalue weighted by molar-refractivity contribution is 0.0405. The molecule has 0 heterocycles. The van der Waals surface area contributed by atoms with Gasteiger partial charge in [-0.25, -0.2) is 28.8 Å². The Kier molecular flexibility index (Phi) is 16.8. The van der Waals surface area contributed by atoms with E-state index in [9.17, 15) is 28.8 Å². The van der Waals surface area contributed by atoms with Crippen LogP contribution in [0.25, 0.3) is 0 Å². The van der Waals surface area contributed by atoms with Gasteiger partial charge in [-0.3, -0.25) is 0 Å². The number of esters is 2. The first-order valence-corrected chi connectivity index (χ1v) is 18.0. The van der Waals surface area contributed by atoms with E-state index in [0.29, 0.717) is 10.6 Å². The second-order valence-corrected chi connectivity index (χ2v) is 16.4. The van der Waals surface area contributed by atoms with Gasteiger partial charge in [0.05, 0.1) is 35.7 Å². The zero-order valence-electron chi connectivity index (χ0n) is 35.7. The predicted molar refractivity (Wildman–Crippen MR) is 213 cm³/mol. The van der Waals surface area contributed by atoms with E-state index in [1.807, 2.05) is 0 Å². The summed E-state index contributed by atoms with van der Waals surface area (Å²) in [5, 5.41) is 0. The minimum atomic E-state index is -0.993. The Balaban J connectivity index is 0.000000561. The van der Waals surface area contributed by atoms with Gasteiger partial charge in [0.1, 0.15) is 22.4 Å². The fourth-order valence-electron chi connectivity index (χ4n) is 4.25. The summed E-state index contributed by atoms with van der Waals surface area (Å²) in [5.74, 6) is -1.37. The molecule has 0 saturated carbocycles. The van der Waals surface area contributed by atoms with Crippen molar-refractivity contribution in [3.05, 3.63) is 47.5 Å². The molecular weight excluding hydrogens is 728 g/mol. The Labute approximate surface area is 330 Å². The summed E-state index contributed by atoms with van der Waals surface area (Å²) in [6.45, 7) is 23.6. The van der Waals surface area contributed by atoms with Crippen LogP contribution >= 0.6 is 0 Å². The minimum Gasteiger partial charge on any atom is -0.462 e. The van der Waals surface area contributed by atoms with Gasteiger partial charge >= 0.3 is 36.3 Å². The maximum Gasteiger partial charge on any atom is 0.424 e. The van der Waals surface area contributed by atoms with Crippen molar-refractivity contribution in [2.45, 2.75) is 119 Å². The molecule has 56 heavy (non-hydrogen) atoms. The van der Waals surface area contributed by atoms with Crippen LogP contribution in [-0.4, -0.2) is 86.0 Å². The quantitative estimate of drug-likeness (QED) is 0.159. The average molecular weight is 789 g/mol. The largest absolute Gasteiger partial charge is 0.462 e. The summed E-state index contributed by atoms with van der Waals surface area (Å²) in [6, 6.07) is 8.91. The van der Waals surface area contributed by atoms with Gasteiger partial charge in [0.15, 0.2) is 0 Å². The van der Waals surface area contributed by atoms with Crippen LogP contribution in [0.1, 0.15) is 118 Å². The number of carbonyl (C=O) groups excluding carboxylic acids is 6. The van der Waals surface area contributed by atoms with E-state index >= 15 is 0 Å². The van der Waals surface area contributed by atoms with Crippen LogP contribution in [-0.2, 0) is 28.4 Å². The zero-order valence-corrected chi connectivity index (χ0v) is 35.7. The Hall–Kier alpha value is -5.54.